The van der Waals surface area contributed by atoms with Crippen molar-refractivity contribution in [3.8, 4) is 17.2 Å². The summed E-state index contributed by atoms with van der Waals surface area (Å²) in [6, 6.07) is 18.9. The average molecular weight is 486 g/mol. The van der Waals surface area contributed by atoms with Crippen LogP contribution < -0.4 is 14.8 Å². The van der Waals surface area contributed by atoms with Crippen molar-refractivity contribution in [2.75, 3.05) is 6.79 Å². The number of phenolic OH excluding ortho intramolecular Hbond substituents is 1. The lowest BCUT2D eigenvalue weighted by Crippen LogP contribution is -2.33. The Labute approximate surface area is 187 Å². The Kier molecular flexibility index (Phi) is 5.15. The number of rotatable bonds is 3. The first-order valence-corrected chi connectivity index (χ1v) is 10.7. The van der Waals surface area contributed by atoms with Gasteiger partial charge in [0, 0.05) is 33.2 Å². The second-order valence-electron chi connectivity index (χ2n) is 7.22. The van der Waals surface area contributed by atoms with Crippen LogP contribution in [-0.4, -0.2) is 17.6 Å². The van der Waals surface area contributed by atoms with Crippen LogP contribution in [0.15, 0.2) is 70.1 Å². The number of benzene rings is 3. The monoisotopic (exact) mass is 484 g/mol. The predicted molar refractivity (Wildman–Crippen MR) is 120 cm³/mol. The average Bonchev–Trinajstić information content (AvgIpc) is 3.23. The van der Waals surface area contributed by atoms with E-state index in [-0.39, 0.29) is 24.8 Å². The number of nitrogens with one attached hydrogen (secondary N) is 1. The molecule has 0 saturated heterocycles. The molecule has 7 heteroatoms. The minimum atomic E-state index is -0.268. The van der Waals surface area contributed by atoms with E-state index in [1.165, 1.54) is 0 Å². The van der Waals surface area contributed by atoms with Crippen LogP contribution in [0.4, 0.5) is 0 Å². The Balaban J connectivity index is 1.56. The molecule has 0 aromatic heterocycles. The Hall–Kier alpha value is -2.54. The number of aliphatic imine (C=N–C) groups is 1. The molecule has 152 valence electrons. The second kappa shape index (κ2) is 7.95. The molecule has 0 unspecified atom stereocenters. The van der Waals surface area contributed by atoms with E-state index in [0.29, 0.717) is 11.4 Å². The highest BCUT2D eigenvalue weighted by molar-refractivity contribution is 9.10. The summed E-state index contributed by atoms with van der Waals surface area (Å²) in [6.07, 6.45) is 0.330. The maximum atomic E-state index is 10.5. The molecule has 0 bridgehead atoms. The number of hydrogen-bond acceptors (Lipinski definition) is 5. The minimum Gasteiger partial charge on any atom is -0.508 e. The van der Waals surface area contributed by atoms with E-state index in [0.717, 1.165) is 38.4 Å². The molecule has 0 amide bonds. The molecule has 2 aliphatic heterocycles. The van der Waals surface area contributed by atoms with Gasteiger partial charge in [-0.1, -0.05) is 39.7 Å². The molecule has 0 spiro atoms. The lowest BCUT2D eigenvalue weighted by molar-refractivity contribution is 0.174. The first kappa shape index (κ1) is 19.4. The number of nitrogens with zero attached hydrogens (tertiary/aromatic N) is 1. The molecule has 5 nitrogen and oxygen atoms in total. The molecule has 3 aromatic carbocycles. The second-order valence-corrected chi connectivity index (χ2v) is 8.58. The van der Waals surface area contributed by atoms with Crippen LogP contribution in [-0.2, 0) is 0 Å². The van der Waals surface area contributed by atoms with Crippen molar-refractivity contribution < 1.29 is 14.6 Å². The summed E-state index contributed by atoms with van der Waals surface area (Å²) in [7, 11) is 0. The maximum Gasteiger partial charge on any atom is 0.231 e. The highest BCUT2D eigenvalue weighted by Crippen LogP contribution is 2.38. The lowest BCUT2D eigenvalue weighted by Gasteiger charge is -2.31. The van der Waals surface area contributed by atoms with Gasteiger partial charge in [0.05, 0.1) is 0 Å². The van der Waals surface area contributed by atoms with Crippen LogP contribution in [0.25, 0.3) is 0 Å². The standard InChI is InChI=1S/C23H18BrClN2O3/c24-15-4-1-13(2-5-15)23-26-18(14-3-8-21-22(9-14)30-12-29-21)11-19(27-23)17-10-16(25)6-7-20(17)28/h1-10,19,23,27-28H,11-12H2/t19-,23+/m1/s1. The molecular weight excluding hydrogens is 468 g/mol. The zero-order chi connectivity index (χ0) is 20.7. The SMILES string of the molecule is Oc1ccc(Cl)cc1[C@H]1CC(c2ccc3c(c2)OCO3)=N[C@H](c2ccc(Br)cc2)N1. The smallest absolute Gasteiger partial charge is 0.231 e. The van der Waals surface area contributed by atoms with Gasteiger partial charge >= 0.3 is 0 Å². The third kappa shape index (κ3) is 3.78. The normalized spacial score (nSPS) is 20.1. The van der Waals surface area contributed by atoms with Crippen LogP contribution in [0.3, 0.4) is 0 Å². The van der Waals surface area contributed by atoms with Crippen LogP contribution in [0.5, 0.6) is 17.2 Å². The first-order chi connectivity index (χ1) is 14.6. The van der Waals surface area contributed by atoms with Gasteiger partial charge in [-0.05, 0) is 59.7 Å². The number of aromatic hydroxyl groups is 1. The third-order valence-corrected chi connectivity index (χ3v) is 6.06. The maximum absolute atomic E-state index is 10.5. The van der Waals surface area contributed by atoms with E-state index >= 15 is 0 Å². The molecule has 0 fully saturated rings. The van der Waals surface area contributed by atoms with Crippen molar-refractivity contribution in [2.45, 2.75) is 18.6 Å². The molecule has 3 aromatic rings. The molecule has 2 N–H and O–H groups in total. The number of fused-ring (bicyclic) bond motifs is 1. The van der Waals surface area contributed by atoms with E-state index in [4.69, 9.17) is 26.1 Å². The van der Waals surface area contributed by atoms with Gasteiger partial charge in [-0.15, -0.1) is 0 Å². The van der Waals surface area contributed by atoms with Gasteiger partial charge in [-0.25, -0.2) is 0 Å². The Morgan fingerprint density at radius 2 is 1.80 bits per heavy atom. The fourth-order valence-electron chi connectivity index (χ4n) is 3.78. The molecule has 30 heavy (non-hydrogen) atoms. The largest absolute Gasteiger partial charge is 0.508 e. The topological polar surface area (TPSA) is 63.1 Å². The van der Waals surface area contributed by atoms with Crippen molar-refractivity contribution in [3.63, 3.8) is 0 Å². The summed E-state index contributed by atoms with van der Waals surface area (Å²) < 4.78 is 12.0. The number of ether oxygens (including phenoxy) is 2. The molecule has 0 saturated carbocycles. The van der Waals surface area contributed by atoms with Crippen LogP contribution in [0.1, 0.15) is 35.3 Å². The van der Waals surface area contributed by atoms with Gasteiger partial charge in [0.25, 0.3) is 0 Å². The van der Waals surface area contributed by atoms with Gasteiger partial charge < -0.3 is 14.6 Å². The van der Waals surface area contributed by atoms with Gasteiger partial charge in [0.15, 0.2) is 11.5 Å². The summed E-state index contributed by atoms with van der Waals surface area (Å²) in [6.45, 7) is 0.230. The summed E-state index contributed by atoms with van der Waals surface area (Å²) >= 11 is 9.70. The van der Waals surface area contributed by atoms with E-state index in [9.17, 15) is 5.11 Å². The fourth-order valence-corrected chi connectivity index (χ4v) is 4.22. The Morgan fingerprint density at radius 3 is 2.63 bits per heavy atom. The highest BCUT2D eigenvalue weighted by atomic mass is 79.9. The summed E-state index contributed by atoms with van der Waals surface area (Å²) in [5, 5.41) is 14.6. The van der Waals surface area contributed by atoms with Gasteiger partial charge in [0.1, 0.15) is 11.9 Å². The van der Waals surface area contributed by atoms with Crippen molar-refractivity contribution in [1.82, 2.24) is 5.32 Å². The molecule has 0 radical (unpaired) electrons. The van der Waals surface area contributed by atoms with Gasteiger partial charge in [-0.3, -0.25) is 10.3 Å². The van der Waals surface area contributed by atoms with E-state index in [2.05, 4.69) is 21.2 Å². The van der Waals surface area contributed by atoms with Crippen molar-refractivity contribution in [2.24, 2.45) is 4.99 Å². The van der Waals surface area contributed by atoms with Crippen LogP contribution in [0, 0.1) is 0 Å². The summed E-state index contributed by atoms with van der Waals surface area (Å²) in [4.78, 5) is 4.98. The number of halogens is 2. The molecule has 0 aliphatic carbocycles. The van der Waals surface area contributed by atoms with Crippen LogP contribution in [0.2, 0.25) is 5.02 Å². The lowest BCUT2D eigenvalue weighted by atomic mass is 9.93. The molecule has 2 heterocycles. The van der Waals surface area contributed by atoms with E-state index in [1.807, 2.05) is 42.5 Å². The third-order valence-electron chi connectivity index (χ3n) is 5.30. The molecule has 5 rings (SSSR count). The van der Waals surface area contributed by atoms with Crippen LogP contribution >= 0.6 is 27.5 Å². The van der Waals surface area contributed by atoms with E-state index in [1.54, 1.807) is 18.2 Å². The Morgan fingerprint density at radius 1 is 1.00 bits per heavy atom. The zero-order valence-corrected chi connectivity index (χ0v) is 18.2. The zero-order valence-electron chi connectivity index (χ0n) is 15.8. The quantitative estimate of drug-likeness (QED) is 0.495. The summed E-state index contributed by atoms with van der Waals surface area (Å²) in [5.41, 5.74) is 3.67. The fraction of sp³-hybridized carbons (Fsp3) is 0.174. The van der Waals surface area contributed by atoms with Gasteiger partial charge in [-0.2, -0.15) is 0 Å². The minimum absolute atomic E-state index is 0.157. The van der Waals surface area contributed by atoms with Crippen molar-refractivity contribution >= 4 is 33.2 Å². The number of hydrogen-bond donors (Lipinski definition) is 2. The summed E-state index contributed by atoms with van der Waals surface area (Å²) in [5.74, 6) is 1.66. The van der Waals surface area contributed by atoms with Crippen molar-refractivity contribution in [1.29, 1.82) is 0 Å². The number of phenols is 1. The molecule has 2 atom stereocenters. The van der Waals surface area contributed by atoms with Gasteiger partial charge in [0.2, 0.25) is 6.79 Å². The highest BCUT2D eigenvalue weighted by Gasteiger charge is 2.28. The molecular formula is C23H18BrClN2O3. The first-order valence-electron chi connectivity index (χ1n) is 9.53. The van der Waals surface area contributed by atoms with E-state index < -0.39 is 0 Å². The predicted octanol–water partition coefficient (Wildman–Crippen LogP) is 5.76. The van der Waals surface area contributed by atoms with Crippen molar-refractivity contribution in [3.05, 3.63) is 86.8 Å². The Bertz CT molecular complexity index is 1130. The molecule has 2 aliphatic rings.